The predicted molar refractivity (Wildman–Crippen MR) is 111 cm³/mol. The largest absolute Gasteiger partial charge is 0.479 e. The third-order valence-electron chi connectivity index (χ3n) is 10.2. The third-order valence-corrected chi connectivity index (χ3v) is 10.2. The number of hydrogen-bond donors (Lipinski definition) is 1. The first kappa shape index (κ1) is 20.0. The normalized spacial score (nSPS) is 53.6. The summed E-state index contributed by atoms with van der Waals surface area (Å²) in [5.74, 6) is 2.42. The second kappa shape index (κ2) is 6.67. The van der Waals surface area contributed by atoms with Crippen LogP contribution in [-0.4, -0.2) is 75.6 Å². The van der Waals surface area contributed by atoms with Gasteiger partial charge in [0.15, 0.2) is 6.23 Å². The van der Waals surface area contributed by atoms with E-state index in [1.54, 1.807) is 7.11 Å². The molecule has 1 spiro atoms. The van der Waals surface area contributed by atoms with Crippen molar-refractivity contribution < 1.29 is 24.1 Å². The van der Waals surface area contributed by atoms with Gasteiger partial charge in [-0.2, -0.15) is 0 Å². The summed E-state index contributed by atoms with van der Waals surface area (Å²) in [6.07, 6.45) is 5.04. The minimum Gasteiger partial charge on any atom is -0.479 e. The lowest BCUT2D eigenvalue weighted by Crippen LogP contribution is -2.75. The molecule has 7 aliphatic rings. The summed E-state index contributed by atoms with van der Waals surface area (Å²) >= 11 is 0. The van der Waals surface area contributed by atoms with E-state index < -0.39 is 0 Å². The lowest BCUT2D eigenvalue weighted by molar-refractivity contribution is -0.315. The number of hydrogen-bond acceptors (Lipinski definition) is 6. The first-order valence-electron chi connectivity index (χ1n) is 11.9. The van der Waals surface area contributed by atoms with Gasteiger partial charge in [0.05, 0.1) is 36.1 Å². The molecule has 3 saturated carbocycles. The van der Waals surface area contributed by atoms with Crippen LogP contribution in [0.4, 0.5) is 0 Å². The number of methoxy groups -OCH3 is 3. The van der Waals surface area contributed by atoms with E-state index in [1.165, 1.54) is 5.57 Å². The van der Waals surface area contributed by atoms with Crippen molar-refractivity contribution >= 4 is 0 Å². The number of likely N-dealkylation sites (tertiary alicyclic amines) is 1. The average molecular weight is 420 g/mol. The Balaban J connectivity index is 1.59. The molecule has 3 heterocycles. The highest BCUT2D eigenvalue weighted by Gasteiger charge is 2.76. The Hall–Kier alpha value is -0.660. The summed E-state index contributed by atoms with van der Waals surface area (Å²) in [5.41, 5.74) is 1.38. The van der Waals surface area contributed by atoms with Gasteiger partial charge in [-0.25, -0.2) is 0 Å². The van der Waals surface area contributed by atoms with E-state index in [9.17, 15) is 5.11 Å². The Kier molecular flexibility index (Phi) is 4.45. The van der Waals surface area contributed by atoms with Gasteiger partial charge in [0.25, 0.3) is 0 Å². The van der Waals surface area contributed by atoms with Crippen LogP contribution in [0.2, 0.25) is 0 Å². The fourth-order valence-electron chi connectivity index (χ4n) is 9.33. The molecule has 7 unspecified atom stereocenters. The molecule has 168 valence electrons. The lowest BCUT2D eigenvalue weighted by Gasteiger charge is -2.69. The highest BCUT2D eigenvalue weighted by Crippen LogP contribution is 2.73. The summed E-state index contributed by atoms with van der Waals surface area (Å²) in [7, 11) is 5.54. The van der Waals surface area contributed by atoms with Gasteiger partial charge in [-0.1, -0.05) is 6.92 Å². The third kappa shape index (κ3) is 2.13. The van der Waals surface area contributed by atoms with E-state index in [0.717, 1.165) is 57.6 Å². The SMILES string of the molecule is CCN1C[C@]2(COC)CC[C@H](OC)C34C5CC6C(O)C5C(=C(CC32)OC14)C[C@@H]6OC. The molecule has 0 aromatic carbocycles. The Labute approximate surface area is 179 Å². The Morgan fingerprint density at radius 2 is 2.03 bits per heavy atom. The zero-order valence-electron chi connectivity index (χ0n) is 18.8. The van der Waals surface area contributed by atoms with Gasteiger partial charge in [-0.15, -0.1) is 0 Å². The van der Waals surface area contributed by atoms with Crippen molar-refractivity contribution in [2.75, 3.05) is 41.0 Å². The van der Waals surface area contributed by atoms with Gasteiger partial charge in [0.2, 0.25) is 0 Å². The number of aliphatic hydroxyl groups excluding tert-OH is 1. The van der Waals surface area contributed by atoms with E-state index in [-0.39, 0.29) is 47.2 Å². The first-order valence-corrected chi connectivity index (χ1v) is 11.9. The van der Waals surface area contributed by atoms with Gasteiger partial charge >= 0.3 is 0 Å². The monoisotopic (exact) mass is 419 g/mol. The molecule has 6 heteroatoms. The number of allylic oxidation sites excluding steroid dienone is 1. The molecule has 0 aromatic rings. The van der Waals surface area contributed by atoms with Crippen LogP contribution in [-0.2, 0) is 18.9 Å². The van der Waals surface area contributed by atoms with Gasteiger partial charge < -0.3 is 24.1 Å². The summed E-state index contributed by atoms with van der Waals surface area (Å²) in [6, 6.07) is 0. The molecule has 7 bridgehead atoms. The maximum Gasteiger partial charge on any atom is 0.160 e. The van der Waals surface area contributed by atoms with Crippen LogP contribution in [0.1, 0.15) is 39.0 Å². The number of aliphatic hydroxyl groups is 1. The van der Waals surface area contributed by atoms with Gasteiger partial charge in [0.1, 0.15) is 0 Å². The fourth-order valence-corrected chi connectivity index (χ4v) is 9.33. The van der Waals surface area contributed by atoms with Crippen LogP contribution in [0.3, 0.4) is 0 Å². The van der Waals surface area contributed by atoms with E-state index in [0.29, 0.717) is 11.8 Å². The van der Waals surface area contributed by atoms with Crippen molar-refractivity contribution in [1.82, 2.24) is 4.90 Å². The molecule has 3 aliphatic heterocycles. The molecule has 30 heavy (non-hydrogen) atoms. The fraction of sp³-hybridized carbons (Fsp3) is 0.917. The first-order chi connectivity index (χ1) is 14.6. The zero-order valence-corrected chi connectivity index (χ0v) is 18.8. The van der Waals surface area contributed by atoms with Crippen molar-refractivity contribution in [3.05, 3.63) is 11.3 Å². The standard InChI is InChI=1S/C24H37NO5/c1-5-25-11-23(12-27-2)7-6-19(29-4)24-15-8-14-16(28-3)9-13(20(15)21(14)26)17(10-18(23)24)30-22(24)25/h14-16,18-22,26H,5-12H2,1-4H3/t14?,15?,16-,18?,19-,20?,21?,22?,23-,24?/m0/s1. The van der Waals surface area contributed by atoms with Gasteiger partial charge in [-0.05, 0) is 49.6 Å². The Bertz CT molecular complexity index is 756. The Morgan fingerprint density at radius 1 is 1.20 bits per heavy atom. The number of fused-ring (bicyclic) bond motifs is 1. The van der Waals surface area contributed by atoms with Crippen molar-refractivity contribution in [2.45, 2.75) is 63.6 Å². The molecular formula is C24H37NO5. The molecule has 0 aromatic heterocycles. The van der Waals surface area contributed by atoms with E-state index in [2.05, 4.69) is 11.8 Å². The molecule has 7 rings (SSSR count). The lowest BCUT2D eigenvalue weighted by atomic mass is 9.44. The topological polar surface area (TPSA) is 60.4 Å². The quantitative estimate of drug-likeness (QED) is 0.739. The highest BCUT2D eigenvalue weighted by molar-refractivity contribution is 5.35. The molecule has 6 nitrogen and oxygen atoms in total. The number of ether oxygens (including phenoxy) is 4. The van der Waals surface area contributed by atoms with E-state index >= 15 is 0 Å². The summed E-state index contributed by atoms with van der Waals surface area (Å²) in [5, 5.41) is 11.5. The second-order valence-electron chi connectivity index (χ2n) is 10.8. The molecule has 4 aliphatic carbocycles. The molecule has 1 N–H and O–H groups in total. The van der Waals surface area contributed by atoms with Gasteiger partial charge in [-0.3, -0.25) is 4.90 Å². The zero-order chi connectivity index (χ0) is 20.8. The van der Waals surface area contributed by atoms with E-state index in [1.807, 2.05) is 14.2 Å². The van der Waals surface area contributed by atoms with E-state index in [4.69, 9.17) is 18.9 Å². The summed E-state index contributed by atoms with van der Waals surface area (Å²) in [6.45, 7) is 5.06. The molecule has 5 fully saturated rings. The van der Waals surface area contributed by atoms with Crippen LogP contribution in [0.25, 0.3) is 0 Å². The minimum absolute atomic E-state index is 0.0431. The average Bonchev–Trinajstić information content (AvgIpc) is 2.88. The predicted octanol–water partition coefficient (Wildman–Crippen LogP) is 2.41. The molecule has 10 atom stereocenters. The highest BCUT2D eigenvalue weighted by atomic mass is 16.5. The number of rotatable bonds is 5. The van der Waals surface area contributed by atoms with Crippen molar-refractivity contribution in [3.63, 3.8) is 0 Å². The van der Waals surface area contributed by atoms with Gasteiger partial charge in [0, 0.05) is 51.5 Å². The summed E-state index contributed by atoms with van der Waals surface area (Å²) < 4.78 is 25.0. The van der Waals surface area contributed by atoms with Crippen LogP contribution in [0.15, 0.2) is 11.3 Å². The Morgan fingerprint density at radius 3 is 2.73 bits per heavy atom. The minimum atomic E-state index is -0.331. The molecule has 0 radical (unpaired) electrons. The molecular weight excluding hydrogens is 382 g/mol. The van der Waals surface area contributed by atoms with Crippen LogP contribution in [0, 0.1) is 34.5 Å². The smallest absolute Gasteiger partial charge is 0.160 e. The van der Waals surface area contributed by atoms with Crippen LogP contribution < -0.4 is 0 Å². The number of piperidine rings is 1. The van der Waals surface area contributed by atoms with Crippen molar-refractivity contribution in [3.8, 4) is 0 Å². The number of nitrogens with zero attached hydrogens (tertiary/aromatic N) is 1. The van der Waals surface area contributed by atoms with Crippen molar-refractivity contribution in [2.24, 2.45) is 34.5 Å². The summed E-state index contributed by atoms with van der Waals surface area (Å²) in [4.78, 5) is 2.56. The maximum atomic E-state index is 11.5. The second-order valence-corrected chi connectivity index (χ2v) is 10.8. The maximum absolute atomic E-state index is 11.5. The van der Waals surface area contributed by atoms with Crippen LogP contribution >= 0.6 is 0 Å². The van der Waals surface area contributed by atoms with Crippen LogP contribution in [0.5, 0.6) is 0 Å². The van der Waals surface area contributed by atoms with Crippen molar-refractivity contribution in [1.29, 1.82) is 0 Å². The molecule has 2 saturated heterocycles. The molecule has 0 amide bonds.